The van der Waals surface area contributed by atoms with Crippen molar-refractivity contribution in [2.75, 3.05) is 30.4 Å². The molecule has 1 aromatic heterocycles. The molecule has 2 N–H and O–H groups in total. The van der Waals surface area contributed by atoms with Gasteiger partial charge in [0.15, 0.2) is 0 Å². The molecule has 1 heterocycles. The lowest BCUT2D eigenvalue weighted by Gasteiger charge is -2.30. The van der Waals surface area contributed by atoms with Gasteiger partial charge < -0.3 is 15.3 Å². The van der Waals surface area contributed by atoms with Gasteiger partial charge in [-0.2, -0.15) is 15.0 Å². The zero-order valence-electron chi connectivity index (χ0n) is 11.0. The van der Waals surface area contributed by atoms with Gasteiger partial charge in [0.25, 0.3) is 0 Å². The fourth-order valence-corrected chi connectivity index (χ4v) is 2.02. The zero-order valence-corrected chi connectivity index (χ0v) is 11.8. The summed E-state index contributed by atoms with van der Waals surface area (Å²) in [6, 6.07) is 0.278. The van der Waals surface area contributed by atoms with Crippen molar-refractivity contribution in [3.63, 3.8) is 0 Å². The van der Waals surface area contributed by atoms with Crippen molar-refractivity contribution < 1.29 is 5.11 Å². The van der Waals surface area contributed by atoms with Gasteiger partial charge in [-0.1, -0.05) is 13.8 Å². The van der Waals surface area contributed by atoms with E-state index in [9.17, 15) is 5.11 Å². The quantitative estimate of drug-likeness (QED) is 0.785. The van der Waals surface area contributed by atoms with Crippen molar-refractivity contribution in [2.24, 2.45) is 0 Å². The first-order valence-corrected chi connectivity index (χ1v) is 6.50. The van der Waals surface area contributed by atoms with Crippen molar-refractivity contribution in [3.05, 3.63) is 5.28 Å². The third-order valence-electron chi connectivity index (χ3n) is 2.80. The van der Waals surface area contributed by atoms with Gasteiger partial charge in [-0.3, -0.25) is 0 Å². The average Bonchev–Trinajstić information content (AvgIpc) is 2.38. The Morgan fingerprint density at radius 3 is 2.44 bits per heavy atom. The zero-order chi connectivity index (χ0) is 13.5. The summed E-state index contributed by atoms with van der Waals surface area (Å²) < 4.78 is 0. The van der Waals surface area contributed by atoms with Crippen molar-refractivity contribution in [3.8, 4) is 0 Å². The number of nitrogens with zero attached hydrogens (tertiary/aromatic N) is 4. The van der Waals surface area contributed by atoms with E-state index >= 15 is 0 Å². The van der Waals surface area contributed by atoms with Crippen LogP contribution in [0.4, 0.5) is 11.9 Å². The fourth-order valence-electron chi connectivity index (χ4n) is 1.86. The maximum atomic E-state index is 9.17. The Morgan fingerprint density at radius 1 is 1.28 bits per heavy atom. The number of anilines is 2. The van der Waals surface area contributed by atoms with Crippen LogP contribution in [0.15, 0.2) is 0 Å². The molecule has 0 aliphatic heterocycles. The number of hydrogen-bond acceptors (Lipinski definition) is 6. The third-order valence-corrected chi connectivity index (χ3v) is 2.97. The maximum absolute atomic E-state index is 9.17. The average molecular weight is 274 g/mol. The number of rotatable bonds is 7. The van der Waals surface area contributed by atoms with Gasteiger partial charge >= 0.3 is 0 Å². The smallest absolute Gasteiger partial charge is 0.231 e. The summed E-state index contributed by atoms with van der Waals surface area (Å²) in [7, 11) is 1.73. The predicted molar refractivity (Wildman–Crippen MR) is 73.2 cm³/mol. The van der Waals surface area contributed by atoms with Gasteiger partial charge in [-0.25, -0.2) is 0 Å². The molecule has 0 aliphatic carbocycles. The van der Waals surface area contributed by atoms with Crippen LogP contribution >= 0.6 is 11.6 Å². The Balaban J connectivity index is 3.07. The first-order valence-electron chi connectivity index (χ1n) is 6.13. The number of aliphatic hydroxyl groups excluding tert-OH is 1. The molecular weight excluding hydrogens is 254 g/mol. The van der Waals surface area contributed by atoms with E-state index in [4.69, 9.17) is 11.6 Å². The van der Waals surface area contributed by atoms with Gasteiger partial charge in [-0.15, -0.1) is 0 Å². The molecule has 7 heteroatoms. The predicted octanol–water partition coefficient (Wildman–Crippen LogP) is 1.55. The molecule has 102 valence electrons. The highest BCUT2D eigenvalue weighted by atomic mass is 35.5. The lowest BCUT2D eigenvalue weighted by Crippen LogP contribution is -2.38. The number of aromatic nitrogens is 3. The SMILES string of the molecule is CCC(CC)N(CCO)c1nc(Cl)nc(NC)n1. The second kappa shape index (κ2) is 7.33. The monoisotopic (exact) mass is 273 g/mol. The van der Waals surface area contributed by atoms with Gasteiger partial charge in [0.1, 0.15) is 0 Å². The Morgan fingerprint density at radius 2 is 1.94 bits per heavy atom. The highest BCUT2D eigenvalue weighted by Gasteiger charge is 2.19. The van der Waals surface area contributed by atoms with E-state index in [1.54, 1.807) is 7.05 Å². The van der Waals surface area contributed by atoms with E-state index in [0.717, 1.165) is 12.8 Å². The second-order valence-corrected chi connectivity index (χ2v) is 4.20. The molecule has 6 nitrogen and oxygen atoms in total. The lowest BCUT2D eigenvalue weighted by atomic mass is 10.1. The molecule has 0 amide bonds. The van der Waals surface area contributed by atoms with Crippen LogP contribution in [0.2, 0.25) is 5.28 Å². The van der Waals surface area contributed by atoms with Crippen LogP contribution < -0.4 is 10.2 Å². The molecule has 0 fully saturated rings. The van der Waals surface area contributed by atoms with Gasteiger partial charge in [0.05, 0.1) is 6.61 Å². The van der Waals surface area contributed by atoms with E-state index in [1.165, 1.54) is 0 Å². The molecule has 0 spiro atoms. The minimum Gasteiger partial charge on any atom is -0.395 e. The molecule has 0 unspecified atom stereocenters. The molecule has 18 heavy (non-hydrogen) atoms. The molecule has 0 aliphatic rings. The highest BCUT2D eigenvalue weighted by Crippen LogP contribution is 2.18. The summed E-state index contributed by atoms with van der Waals surface area (Å²) in [4.78, 5) is 14.3. The molecule has 0 radical (unpaired) electrons. The van der Waals surface area contributed by atoms with Gasteiger partial charge in [-0.05, 0) is 24.4 Å². The molecule has 0 atom stereocenters. The van der Waals surface area contributed by atoms with E-state index in [2.05, 4.69) is 34.1 Å². The topological polar surface area (TPSA) is 74.2 Å². The van der Waals surface area contributed by atoms with Crippen LogP contribution in [0.25, 0.3) is 0 Å². The van der Waals surface area contributed by atoms with Crippen LogP contribution in [0.5, 0.6) is 0 Å². The normalized spacial score (nSPS) is 10.8. The highest BCUT2D eigenvalue weighted by molar-refractivity contribution is 6.28. The fraction of sp³-hybridized carbons (Fsp3) is 0.727. The van der Waals surface area contributed by atoms with Crippen LogP contribution in [-0.2, 0) is 0 Å². The van der Waals surface area contributed by atoms with Crippen LogP contribution in [0.3, 0.4) is 0 Å². The Labute approximate surface area is 112 Å². The maximum Gasteiger partial charge on any atom is 0.231 e. The standard InChI is InChI=1S/C11H20ClN5O/c1-4-8(5-2)17(6-7-18)11-15-9(12)14-10(13-3)16-11/h8,18H,4-7H2,1-3H3,(H,13,14,15,16). The molecule has 0 aromatic carbocycles. The number of halogens is 1. The van der Waals surface area contributed by atoms with Crippen molar-refractivity contribution in [2.45, 2.75) is 32.7 Å². The molecule has 0 bridgehead atoms. The van der Waals surface area contributed by atoms with E-state index in [1.807, 2.05) is 4.90 Å². The van der Waals surface area contributed by atoms with Crippen LogP contribution in [0.1, 0.15) is 26.7 Å². The summed E-state index contributed by atoms with van der Waals surface area (Å²) in [6.45, 7) is 4.73. The molecule has 1 aromatic rings. The first-order chi connectivity index (χ1) is 8.65. The summed E-state index contributed by atoms with van der Waals surface area (Å²) in [5, 5.41) is 12.2. The number of nitrogens with one attached hydrogen (secondary N) is 1. The Hall–Kier alpha value is -1.14. The first kappa shape index (κ1) is 14.9. The van der Waals surface area contributed by atoms with E-state index in [-0.39, 0.29) is 17.9 Å². The van der Waals surface area contributed by atoms with Crippen LogP contribution in [-0.4, -0.2) is 46.3 Å². The minimum atomic E-state index is 0.0503. The lowest BCUT2D eigenvalue weighted by molar-refractivity contribution is 0.295. The summed E-state index contributed by atoms with van der Waals surface area (Å²) in [6.07, 6.45) is 1.91. The Kier molecular flexibility index (Phi) is 6.07. The summed E-state index contributed by atoms with van der Waals surface area (Å²) in [5.74, 6) is 0.931. The summed E-state index contributed by atoms with van der Waals surface area (Å²) in [5.41, 5.74) is 0. The van der Waals surface area contributed by atoms with Crippen LogP contribution in [0, 0.1) is 0 Å². The largest absolute Gasteiger partial charge is 0.395 e. The number of hydrogen-bond donors (Lipinski definition) is 2. The minimum absolute atomic E-state index is 0.0503. The van der Waals surface area contributed by atoms with Crippen molar-refractivity contribution >= 4 is 23.5 Å². The van der Waals surface area contributed by atoms with Gasteiger partial charge in [0.2, 0.25) is 17.2 Å². The molecule has 0 saturated heterocycles. The van der Waals surface area contributed by atoms with Crippen molar-refractivity contribution in [1.82, 2.24) is 15.0 Å². The second-order valence-electron chi connectivity index (χ2n) is 3.87. The van der Waals surface area contributed by atoms with Crippen molar-refractivity contribution in [1.29, 1.82) is 0 Å². The Bertz CT molecular complexity index is 372. The number of aliphatic hydroxyl groups is 1. The molecule has 1 rings (SSSR count). The van der Waals surface area contributed by atoms with E-state index in [0.29, 0.717) is 18.4 Å². The molecule has 0 saturated carbocycles. The third kappa shape index (κ3) is 3.68. The molecular formula is C11H20ClN5O. The summed E-state index contributed by atoms with van der Waals surface area (Å²) >= 11 is 5.87. The van der Waals surface area contributed by atoms with Gasteiger partial charge in [0, 0.05) is 19.6 Å². The van der Waals surface area contributed by atoms with E-state index < -0.39 is 0 Å².